The zero-order chi connectivity index (χ0) is 10.4. The van der Waals surface area contributed by atoms with Gasteiger partial charge in [0.2, 0.25) is 0 Å². The molecule has 1 unspecified atom stereocenters. The highest BCUT2D eigenvalue weighted by Gasteiger charge is 2.11. The summed E-state index contributed by atoms with van der Waals surface area (Å²) in [6, 6.07) is 1.75. The summed E-state index contributed by atoms with van der Waals surface area (Å²) < 4.78 is 5.18. The molecule has 0 fully saturated rings. The van der Waals surface area contributed by atoms with E-state index in [1.165, 1.54) is 0 Å². The number of methoxy groups -OCH3 is 1. The molecule has 1 N–H and O–H groups in total. The number of nitrogens with one attached hydrogen (secondary N) is 1. The van der Waals surface area contributed by atoms with Crippen LogP contribution in [0.2, 0.25) is 0 Å². The average Bonchev–Trinajstić information content (AvgIpc) is 2.26. The van der Waals surface area contributed by atoms with Crippen molar-refractivity contribution in [2.75, 3.05) is 13.7 Å². The van der Waals surface area contributed by atoms with E-state index in [-0.39, 0.29) is 6.04 Å². The summed E-state index contributed by atoms with van der Waals surface area (Å²) in [6.45, 7) is 2.83. The van der Waals surface area contributed by atoms with Crippen LogP contribution in [-0.2, 0) is 0 Å². The minimum atomic E-state index is -0.113. The van der Waals surface area contributed by atoms with Crippen molar-refractivity contribution in [1.82, 2.24) is 10.3 Å². The number of terminal acetylenes is 1. The van der Waals surface area contributed by atoms with Crippen LogP contribution in [0.15, 0.2) is 18.5 Å². The molecule has 1 aromatic rings. The first-order chi connectivity index (χ1) is 6.83. The molecule has 1 heterocycles. The van der Waals surface area contributed by atoms with Crippen molar-refractivity contribution in [2.45, 2.75) is 13.0 Å². The fraction of sp³-hybridized carbons (Fsp3) is 0.364. The van der Waals surface area contributed by atoms with Gasteiger partial charge in [-0.25, -0.2) is 0 Å². The maximum atomic E-state index is 5.43. The molecule has 0 aliphatic carbocycles. The minimum Gasteiger partial charge on any atom is -0.495 e. The summed E-state index contributed by atoms with van der Waals surface area (Å²) in [7, 11) is 1.61. The van der Waals surface area contributed by atoms with Crippen LogP contribution in [0.4, 0.5) is 0 Å². The Hall–Kier alpha value is -1.53. The van der Waals surface area contributed by atoms with E-state index in [1.807, 2.05) is 13.0 Å². The summed E-state index contributed by atoms with van der Waals surface area (Å²) in [5.41, 5.74) is 0.951. The molecule has 1 aromatic heterocycles. The molecule has 0 aromatic carbocycles. The monoisotopic (exact) mass is 190 g/mol. The lowest BCUT2D eigenvalue weighted by Gasteiger charge is -2.14. The standard InChI is InChI=1S/C11H14N2O/c1-4-10(13-5-2)9-6-7-12-8-11(9)14-3/h1,6-8,10,13H,5H2,2-3H3. The predicted molar refractivity (Wildman–Crippen MR) is 56.0 cm³/mol. The van der Waals surface area contributed by atoms with Gasteiger partial charge in [0.25, 0.3) is 0 Å². The molecule has 14 heavy (non-hydrogen) atoms. The molecule has 0 bridgehead atoms. The third kappa shape index (κ3) is 2.24. The SMILES string of the molecule is C#CC(NCC)c1ccncc1OC. The lowest BCUT2D eigenvalue weighted by molar-refractivity contribution is 0.403. The van der Waals surface area contributed by atoms with E-state index in [9.17, 15) is 0 Å². The van der Waals surface area contributed by atoms with Crippen molar-refractivity contribution in [3.8, 4) is 18.1 Å². The minimum absolute atomic E-state index is 0.113. The van der Waals surface area contributed by atoms with E-state index in [4.69, 9.17) is 11.2 Å². The smallest absolute Gasteiger partial charge is 0.142 e. The van der Waals surface area contributed by atoms with Gasteiger partial charge in [0.1, 0.15) is 5.75 Å². The summed E-state index contributed by atoms with van der Waals surface area (Å²) >= 11 is 0. The lowest BCUT2D eigenvalue weighted by atomic mass is 10.1. The zero-order valence-electron chi connectivity index (χ0n) is 8.45. The topological polar surface area (TPSA) is 34.2 Å². The number of nitrogens with zero attached hydrogens (tertiary/aromatic N) is 1. The first-order valence-electron chi connectivity index (χ1n) is 4.50. The number of hydrogen-bond acceptors (Lipinski definition) is 3. The van der Waals surface area contributed by atoms with Crippen molar-refractivity contribution < 1.29 is 4.74 Å². The number of rotatable bonds is 4. The van der Waals surface area contributed by atoms with Crippen LogP contribution < -0.4 is 10.1 Å². The summed E-state index contributed by atoms with van der Waals surface area (Å²) in [5.74, 6) is 3.39. The van der Waals surface area contributed by atoms with E-state index < -0.39 is 0 Å². The second-order valence-corrected chi connectivity index (χ2v) is 2.77. The molecule has 0 amide bonds. The van der Waals surface area contributed by atoms with Crippen LogP contribution >= 0.6 is 0 Å². The van der Waals surface area contributed by atoms with Crippen LogP contribution in [0, 0.1) is 12.3 Å². The van der Waals surface area contributed by atoms with E-state index >= 15 is 0 Å². The molecule has 0 spiro atoms. The zero-order valence-corrected chi connectivity index (χ0v) is 8.45. The molecule has 0 aliphatic heterocycles. The Morgan fingerprint density at radius 3 is 3.07 bits per heavy atom. The molecule has 74 valence electrons. The Kier molecular flexibility index (Phi) is 3.96. The van der Waals surface area contributed by atoms with Crippen LogP contribution in [0.3, 0.4) is 0 Å². The number of hydrogen-bond donors (Lipinski definition) is 1. The van der Waals surface area contributed by atoms with Crippen LogP contribution in [0.25, 0.3) is 0 Å². The first-order valence-corrected chi connectivity index (χ1v) is 4.50. The van der Waals surface area contributed by atoms with Gasteiger partial charge >= 0.3 is 0 Å². The Bertz CT molecular complexity index is 330. The summed E-state index contributed by atoms with van der Waals surface area (Å²) in [6.07, 6.45) is 8.80. The van der Waals surface area contributed by atoms with Gasteiger partial charge in [0.15, 0.2) is 0 Å². The summed E-state index contributed by atoms with van der Waals surface area (Å²) in [5, 5.41) is 3.18. The third-order valence-corrected chi connectivity index (χ3v) is 1.92. The molecule has 1 atom stereocenters. The highest BCUT2D eigenvalue weighted by molar-refractivity contribution is 5.36. The number of ether oxygens (including phenoxy) is 1. The second-order valence-electron chi connectivity index (χ2n) is 2.77. The van der Waals surface area contributed by atoms with E-state index in [0.29, 0.717) is 0 Å². The third-order valence-electron chi connectivity index (χ3n) is 1.92. The maximum absolute atomic E-state index is 5.43. The Morgan fingerprint density at radius 1 is 1.71 bits per heavy atom. The fourth-order valence-electron chi connectivity index (χ4n) is 1.26. The van der Waals surface area contributed by atoms with Gasteiger partial charge in [0.05, 0.1) is 19.3 Å². The van der Waals surface area contributed by atoms with Crippen LogP contribution in [0.1, 0.15) is 18.5 Å². The maximum Gasteiger partial charge on any atom is 0.142 e. The highest BCUT2D eigenvalue weighted by atomic mass is 16.5. The van der Waals surface area contributed by atoms with E-state index in [2.05, 4.69) is 16.2 Å². The first kappa shape index (κ1) is 10.6. The van der Waals surface area contributed by atoms with Crippen molar-refractivity contribution in [3.05, 3.63) is 24.0 Å². The van der Waals surface area contributed by atoms with Gasteiger partial charge < -0.3 is 10.1 Å². The quantitative estimate of drug-likeness (QED) is 0.728. The van der Waals surface area contributed by atoms with Gasteiger partial charge in [0, 0.05) is 11.8 Å². The van der Waals surface area contributed by atoms with Gasteiger partial charge in [-0.15, -0.1) is 6.42 Å². The molecule has 3 heteroatoms. The van der Waals surface area contributed by atoms with Gasteiger partial charge in [-0.05, 0) is 12.6 Å². The average molecular weight is 190 g/mol. The molecule has 0 saturated heterocycles. The second kappa shape index (κ2) is 5.25. The fourth-order valence-corrected chi connectivity index (χ4v) is 1.26. The van der Waals surface area contributed by atoms with Crippen LogP contribution in [-0.4, -0.2) is 18.6 Å². The van der Waals surface area contributed by atoms with Crippen molar-refractivity contribution in [2.24, 2.45) is 0 Å². The Labute approximate surface area is 84.5 Å². The van der Waals surface area contributed by atoms with Gasteiger partial charge in [-0.3, -0.25) is 4.98 Å². The predicted octanol–water partition coefficient (Wildman–Crippen LogP) is 1.37. The van der Waals surface area contributed by atoms with Crippen molar-refractivity contribution >= 4 is 0 Å². The van der Waals surface area contributed by atoms with Crippen LogP contribution in [0.5, 0.6) is 5.75 Å². The van der Waals surface area contributed by atoms with Crippen molar-refractivity contribution in [3.63, 3.8) is 0 Å². The van der Waals surface area contributed by atoms with Gasteiger partial charge in [-0.1, -0.05) is 12.8 Å². The molecule has 3 nitrogen and oxygen atoms in total. The van der Waals surface area contributed by atoms with E-state index in [1.54, 1.807) is 19.5 Å². The normalized spacial score (nSPS) is 11.8. The molecule has 0 saturated carbocycles. The summed E-state index contributed by atoms with van der Waals surface area (Å²) in [4.78, 5) is 3.97. The molecule has 0 radical (unpaired) electrons. The molecule has 1 rings (SSSR count). The Balaban J connectivity index is 2.97. The molecule has 0 aliphatic rings. The molecular weight excluding hydrogens is 176 g/mol. The number of pyridine rings is 1. The molecular formula is C11H14N2O. The van der Waals surface area contributed by atoms with Crippen molar-refractivity contribution in [1.29, 1.82) is 0 Å². The number of aromatic nitrogens is 1. The Morgan fingerprint density at radius 2 is 2.50 bits per heavy atom. The highest BCUT2D eigenvalue weighted by Crippen LogP contribution is 2.22. The van der Waals surface area contributed by atoms with Gasteiger partial charge in [-0.2, -0.15) is 0 Å². The lowest BCUT2D eigenvalue weighted by Crippen LogP contribution is -2.19. The largest absolute Gasteiger partial charge is 0.495 e. The van der Waals surface area contributed by atoms with E-state index in [0.717, 1.165) is 17.9 Å².